The summed E-state index contributed by atoms with van der Waals surface area (Å²) in [6.45, 7) is 0. The molecular formula is C12H16N2O3. The lowest BCUT2D eigenvalue weighted by atomic mass is 10.0. The maximum absolute atomic E-state index is 10.4. The van der Waals surface area contributed by atoms with E-state index >= 15 is 0 Å². The Morgan fingerprint density at radius 1 is 1.29 bits per heavy atom. The Morgan fingerprint density at radius 2 is 2.00 bits per heavy atom. The van der Waals surface area contributed by atoms with Gasteiger partial charge in [-0.15, -0.1) is 10.2 Å². The first-order valence-electron chi connectivity index (χ1n) is 6.30. The van der Waals surface area contributed by atoms with Crippen molar-refractivity contribution >= 4 is 5.97 Å². The van der Waals surface area contributed by atoms with Crippen LogP contribution in [0, 0.1) is 11.8 Å². The molecule has 2 atom stereocenters. The van der Waals surface area contributed by atoms with E-state index in [2.05, 4.69) is 10.2 Å². The molecule has 5 heteroatoms. The number of aryl methyl sites for hydroxylation is 1. The summed E-state index contributed by atoms with van der Waals surface area (Å²) in [5, 5.41) is 16.6. The molecule has 1 aromatic heterocycles. The van der Waals surface area contributed by atoms with Gasteiger partial charge >= 0.3 is 5.97 Å². The van der Waals surface area contributed by atoms with E-state index in [4.69, 9.17) is 9.52 Å². The first kappa shape index (κ1) is 10.7. The molecule has 0 saturated heterocycles. The molecule has 0 radical (unpaired) electrons. The molecule has 92 valence electrons. The molecule has 1 aromatic rings. The Balaban J connectivity index is 1.63. The van der Waals surface area contributed by atoms with E-state index in [9.17, 15) is 4.79 Å². The Bertz CT molecular complexity index is 417. The minimum absolute atomic E-state index is 0.0547. The van der Waals surface area contributed by atoms with Crippen LogP contribution in [-0.2, 0) is 11.2 Å². The van der Waals surface area contributed by atoms with Gasteiger partial charge in [0.25, 0.3) is 0 Å². The normalized spacial score (nSPS) is 30.9. The summed E-state index contributed by atoms with van der Waals surface area (Å²) in [5.74, 6) is 2.33. The molecular weight excluding hydrogens is 220 g/mol. The summed E-state index contributed by atoms with van der Waals surface area (Å²) in [4.78, 5) is 10.4. The van der Waals surface area contributed by atoms with Crippen molar-refractivity contribution in [3.8, 4) is 0 Å². The van der Waals surface area contributed by atoms with Crippen LogP contribution in [0.25, 0.3) is 0 Å². The highest BCUT2D eigenvalue weighted by Crippen LogP contribution is 2.60. The van der Waals surface area contributed by atoms with Crippen LogP contribution in [0.4, 0.5) is 0 Å². The number of carboxylic acid groups (broad SMARTS) is 1. The van der Waals surface area contributed by atoms with Gasteiger partial charge in [-0.3, -0.25) is 4.79 Å². The Morgan fingerprint density at radius 3 is 2.65 bits per heavy atom. The molecule has 1 N–H and O–H groups in total. The van der Waals surface area contributed by atoms with Crippen LogP contribution in [0.15, 0.2) is 4.42 Å². The maximum Gasteiger partial charge on any atom is 0.303 e. The van der Waals surface area contributed by atoms with Crippen LogP contribution >= 0.6 is 0 Å². The second-order valence-electron chi connectivity index (χ2n) is 5.07. The molecule has 1 heterocycles. The van der Waals surface area contributed by atoms with Gasteiger partial charge in [-0.2, -0.15) is 0 Å². The van der Waals surface area contributed by atoms with Crippen LogP contribution in [0.2, 0.25) is 0 Å². The van der Waals surface area contributed by atoms with Gasteiger partial charge in [-0.1, -0.05) is 12.8 Å². The third-order valence-electron chi connectivity index (χ3n) is 3.98. The molecule has 2 aliphatic carbocycles. The minimum atomic E-state index is -0.829. The number of carbonyl (C=O) groups is 1. The van der Waals surface area contributed by atoms with E-state index in [0.717, 1.165) is 17.7 Å². The number of nitrogens with zero attached hydrogens (tertiary/aromatic N) is 2. The zero-order valence-electron chi connectivity index (χ0n) is 9.63. The van der Waals surface area contributed by atoms with Gasteiger partial charge in [0, 0.05) is 12.3 Å². The fourth-order valence-electron chi connectivity index (χ4n) is 3.07. The van der Waals surface area contributed by atoms with Crippen molar-refractivity contribution in [2.24, 2.45) is 11.8 Å². The lowest BCUT2D eigenvalue weighted by Gasteiger charge is -2.04. The maximum atomic E-state index is 10.4. The van der Waals surface area contributed by atoms with Crippen LogP contribution in [0.3, 0.4) is 0 Å². The summed E-state index contributed by atoms with van der Waals surface area (Å²) in [7, 11) is 0. The lowest BCUT2D eigenvalue weighted by Crippen LogP contribution is -1.97. The fourth-order valence-corrected chi connectivity index (χ4v) is 3.07. The van der Waals surface area contributed by atoms with E-state index in [1.807, 2.05) is 0 Å². The average molecular weight is 236 g/mol. The second kappa shape index (κ2) is 4.13. The molecule has 2 unspecified atom stereocenters. The molecule has 3 rings (SSSR count). The topological polar surface area (TPSA) is 76.2 Å². The largest absolute Gasteiger partial charge is 0.481 e. The fraction of sp³-hybridized carbons (Fsp3) is 0.750. The van der Waals surface area contributed by atoms with Crippen molar-refractivity contribution in [1.82, 2.24) is 10.2 Å². The molecule has 0 aliphatic heterocycles. The summed E-state index contributed by atoms with van der Waals surface area (Å²) >= 11 is 0. The van der Waals surface area contributed by atoms with E-state index in [1.54, 1.807) is 0 Å². The molecule has 17 heavy (non-hydrogen) atoms. The smallest absolute Gasteiger partial charge is 0.303 e. The summed E-state index contributed by atoms with van der Waals surface area (Å²) in [6.07, 6.45) is 5.59. The van der Waals surface area contributed by atoms with Crippen LogP contribution in [0.1, 0.15) is 49.8 Å². The highest BCUT2D eigenvalue weighted by atomic mass is 16.4. The predicted octanol–water partition coefficient (Wildman–Crippen LogP) is 1.99. The number of rotatable bonds is 4. The third kappa shape index (κ3) is 2.06. The summed E-state index contributed by atoms with van der Waals surface area (Å²) in [6, 6.07) is 0. The monoisotopic (exact) mass is 236 g/mol. The van der Waals surface area contributed by atoms with Gasteiger partial charge in [-0.05, 0) is 24.7 Å². The highest BCUT2D eigenvalue weighted by molar-refractivity contribution is 5.66. The van der Waals surface area contributed by atoms with Crippen molar-refractivity contribution in [2.45, 2.75) is 44.4 Å². The number of aromatic nitrogens is 2. The highest BCUT2D eigenvalue weighted by Gasteiger charge is 2.54. The number of hydrogen-bond donors (Lipinski definition) is 1. The minimum Gasteiger partial charge on any atom is -0.481 e. The first-order valence-corrected chi connectivity index (χ1v) is 6.30. The second-order valence-corrected chi connectivity index (χ2v) is 5.07. The van der Waals surface area contributed by atoms with Crippen LogP contribution < -0.4 is 0 Å². The molecule has 2 fully saturated rings. The number of aliphatic carboxylic acids is 1. The number of hydrogen-bond acceptors (Lipinski definition) is 4. The van der Waals surface area contributed by atoms with Crippen molar-refractivity contribution in [3.63, 3.8) is 0 Å². The quantitative estimate of drug-likeness (QED) is 0.865. The standard InChI is InChI=1S/C12H16N2O3/c15-10(16)6-5-9-13-14-12(17-9)11-7-3-1-2-4-8(7)11/h7-8,11H,1-6H2,(H,15,16). The Labute approximate surface area is 99.2 Å². The third-order valence-corrected chi connectivity index (χ3v) is 3.98. The van der Waals surface area contributed by atoms with Crippen molar-refractivity contribution in [2.75, 3.05) is 0 Å². The summed E-state index contributed by atoms with van der Waals surface area (Å²) < 4.78 is 5.56. The Hall–Kier alpha value is -1.39. The van der Waals surface area contributed by atoms with Crippen molar-refractivity contribution in [1.29, 1.82) is 0 Å². The van der Waals surface area contributed by atoms with Gasteiger partial charge in [-0.25, -0.2) is 0 Å². The molecule has 2 aliphatic rings. The molecule has 5 nitrogen and oxygen atoms in total. The van der Waals surface area contributed by atoms with Gasteiger partial charge < -0.3 is 9.52 Å². The van der Waals surface area contributed by atoms with Gasteiger partial charge in [0.15, 0.2) is 0 Å². The molecule has 2 saturated carbocycles. The molecule has 0 spiro atoms. The average Bonchev–Trinajstić information content (AvgIpc) is 2.87. The SMILES string of the molecule is O=C(O)CCc1nnc(C2C3CCCCC32)o1. The predicted molar refractivity (Wildman–Crippen MR) is 58.4 cm³/mol. The van der Waals surface area contributed by atoms with Crippen molar-refractivity contribution in [3.05, 3.63) is 11.8 Å². The molecule has 0 amide bonds. The van der Waals surface area contributed by atoms with Crippen LogP contribution in [0.5, 0.6) is 0 Å². The summed E-state index contributed by atoms with van der Waals surface area (Å²) in [5.41, 5.74) is 0. The first-order chi connectivity index (χ1) is 8.25. The van der Waals surface area contributed by atoms with E-state index in [-0.39, 0.29) is 6.42 Å². The van der Waals surface area contributed by atoms with Gasteiger partial charge in [0.2, 0.25) is 11.8 Å². The lowest BCUT2D eigenvalue weighted by molar-refractivity contribution is -0.137. The zero-order valence-corrected chi connectivity index (χ0v) is 9.63. The molecule has 0 aromatic carbocycles. The Kier molecular flexibility index (Phi) is 2.61. The van der Waals surface area contributed by atoms with Crippen molar-refractivity contribution < 1.29 is 14.3 Å². The van der Waals surface area contributed by atoms with E-state index in [1.165, 1.54) is 25.7 Å². The zero-order chi connectivity index (χ0) is 11.8. The number of fused-ring (bicyclic) bond motifs is 1. The van der Waals surface area contributed by atoms with Crippen LogP contribution in [-0.4, -0.2) is 21.3 Å². The van der Waals surface area contributed by atoms with Gasteiger partial charge in [0.05, 0.1) is 6.42 Å². The van der Waals surface area contributed by atoms with Gasteiger partial charge in [0.1, 0.15) is 0 Å². The van der Waals surface area contributed by atoms with E-state index < -0.39 is 5.97 Å². The molecule has 0 bridgehead atoms. The van der Waals surface area contributed by atoms with E-state index in [0.29, 0.717) is 18.2 Å². The number of carboxylic acids is 1.